The first-order chi connectivity index (χ1) is 22.0. The third kappa shape index (κ3) is 9.60. The molecule has 4 aromatic rings. The molecule has 0 fully saturated rings. The maximum absolute atomic E-state index is 3.67. The van der Waals surface area contributed by atoms with E-state index in [0.29, 0.717) is 11.3 Å². The number of fused-ring (bicyclic) bond motifs is 3. The van der Waals surface area contributed by atoms with E-state index in [9.17, 15) is 0 Å². The van der Waals surface area contributed by atoms with Crippen molar-refractivity contribution in [2.24, 2.45) is 11.3 Å². The van der Waals surface area contributed by atoms with E-state index in [1.807, 2.05) is 0 Å². The normalized spacial score (nSPS) is 15.3. The van der Waals surface area contributed by atoms with E-state index in [1.54, 1.807) is 0 Å². The summed E-state index contributed by atoms with van der Waals surface area (Å²) < 4.78 is 1.42. The molecule has 1 unspecified atom stereocenters. The van der Waals surface area contributed by atoms with Crippen LogP contribution in [-0.2, 0) is 41.5 Å². The van der Waals surface area contributed by atoms with Crippen molar-refractivity contribution in [3.8, 4) is 11.1 Å². The zero-order valence-corrected chi connectivity index (χ0v) is 33.2. The average molecular weight is 698 g/mol. The van der Waals surface area contributed by atoms with E-state index in [2.05, 4.69) is 185 Å². The monoisotopic (exact) mass is 696 g/mol. The van der Waals surface area contributed by atoms with Crippen LogP contribution in [0.15, 0.2) is 108 Å². The molecule has 2 aliphatic carbocycles. The van der Waals surface area contributed by atoms with Gasteiger partial charge in [-0.3, -0.25) is 6.08 Å². The Labute approximate surface area is 301 Å². The van der Waals surface area contributed by atoms with Crippen LogP contribution in [-0.4, -0.2) is 3.21 Å². The molecule has 0 amide bonds. The minimum absolute atomic E-state index is 0.167. The Hall–Kier alpha value is -2.89. The van der Waals surface area contributed by atoms with Gasteiger partial charge in [-0.05, 0) is 28.4 Å². The summed E-state index contributed by atoms with van der Waals surface area (Å²) in [6, 6.07) is 36.3. The molecule has 6 rings (SSSR count). The first-order valence-electron chi connectivity index (χ1n) is 17.2. The van der Waals surface area contributed by atoms with E-state index in [4.69, 9.17) is 0 Å². The maximum atomic E-state index is 3.67. The van der Waals surface area contributed by atoms with Gasteiger partial charge in [0.15, 0.2) is 0 Å². The van der Waals surface area contributed by atoms with Crippen LogP contribution in [0.2, 0.25) is 0 Å². The van der Waals surface area contributed by atoms with Crippen molar-refractivity contribution in [3.63, 3.8) is 0 Å². The fourth-order valence-electron chi connectivity index (χ4n) is 6.14. The topological polar surface area (TPSA) is 0 Å². The number of hydrogen-bond donors (Lipinski definition) is 0. The average Bonchev–Trinajstić information content (AvgIpc) is 3.60. The molecule has 0 heterocycles. The van der Waals surface area contributed by atoms with Gasteiger partial charge in [0.1, 0.15) is 0 Å². The molecule has 0 N–H and O–H groups in total. The van der Waals surface area contributed by atoms with E-state index in [1.165, 1.54) is 83.1 Å². The Morgan fingerprint density at radius 2 is 1.26 bits per heavy atom. The van der Waals surface area contributed by atoms with Crippen molar-refractivity contribution >= 4 is 3.21 Å². The summed E-state index contributed by atoms with van der Waals surface area (Å²) >= 11 is 1.46. The van der Waals surface area contributed by atoms with Gasteiger partial charge >= 0.3 is 99.2 Å². The summed E-state index contributed by atoms with van der Waals surface area (Å²) in [6.07, 6.45) is 7.98. The molecule has 0 aromatic heterocycles. The third-order valence-corrected chi connectivity index (χ3v) is 10.3. The molecule has 0 spiro atoms. The summed E-state index contributed by atoms with van der Waals surface area (Å²) in [5.74, 6) is 0.522. The molecular formula is C46H54Zr. The minimum atomic E-state index is 0.167. The second-order valence-corrected chi connectivity index (χ2v) is 17.2. The summed E-state index contributed by atoms with van der Waals surface area (Å²) in [4.78, 5) is 0. The second kappa shape index (κ2) is 15.1. The number of allylic oxidation sites excluding steroid dienone is 4. The third-order valence-electron chi connectivity index (χ3n) is 8.89. The van der Waals surface area contributed by atoms with Gasteiger partial charge in [-0.2, -0.15) is 35.4 Å². The Morgan fingerprint density at radius 3 is 1.72 bits per heavy atom. The number of hydrogen-bond acceptors (Lipinski definition) is 0. The van der Waals surface area contributed by atoms with Crippen molar-refractivity contribution in [1.82, 2.24) is 0 Å². The summed E-state index contributed by atoms with van der Waals surface area (Å²) in [5.41, 5.74) is 14.6. The zero-order valence-electron chi connectivity index (χ0n) is 30.7. The molecule has 0 saturated heterocycles. The van der Waals surface area contributed by atoms with E-state index in [-0.39, 0.29) is 10.8 Å². The Balaban J connectivity index is 0.000000168. The van der Waals surface area contributed by atoms with Gasteiger partial charge in [0.25, 0.3) is 0 Å². The van der Waals surface area contributed by atoms with E-state index >= 15 is 0 Å². The Bertz CT molecular complexity index is 1630. The van der Waals surface area contributed by atoms with Crippen LogP contribution < -0.4 is 0 Å². The van der Waals surface area contributed by atoms with Crippen LogP contribution in [0.25, 0.3) is 11.1 Å². The summed E-state index contributed by atoms with van der Waals surface area (Å²) in [5, 5.41) is 0. The molecule has 0 saturated carbocycles. The fraction of sp³-hybridized carbons (Fsp3) is 0.370. The number of rotatable bonds is 3. The van der Waals surface area contributed by atoms with E-state index in [0.717, 1.165) is 12.8 Å². The van der Waals surface area contributed by atoms with Gasteiger partial charge in [-0.1, -0.05) is 118 Å². The summed E-state index contributed by atoms with van der Waals surface area (Å²) in [7, 11) is 0. The quantitative estimate of drug-likeness (QED) is 0.165. The molecule has 1 heteroatoms. The van der Waals surface area contributed by atoms with Crippen LogP contribution in [0.5, 0.6) is 0 Å². The zero-order chi connectivity index (χ0) is 34.6. The molecule has 4 aromatic carbocycles. The van der Waals surface area contributed by atoms with Crippen molar-refractivity contribution < 1.29 is 24.2 Å². The van der Waals surface area contributed by atoms with Crippen LogP contribution in [0.1, 0.15) is 116 Å². The Morgan fingerprint density at radius 1 is 0.702 bits per heavy atom. The number of benzene rings is 4. The van der Waals surface area contributed by atoms with Crippen molar-refractivity contribution in [1.29, 1.82) is 0 Å². The first-order valence-corrected chi connectivity index (χ1v) is 18.5. The molecule has 0 nitrogen and oxygen atoms in total. The molecule has 0 bridgehead atoms. The second-order valence-electron chi connectivity index (χ2n) is 16.0. The van der Waals surface area contributed by atoms with Gasteiger partial charge in [-0.25, -0.2) is 5.57 Å². The molecule has 2 aliphatic rings. The fourth-order valence-corrected chi connectivity index (χ4v) is 6.96. The molecule has 0 radical (unpaired) electrons. The predicted octanol–water partition coefficient (Wildman–Crippen LogP) is 12.2. The van der Waals surface area contributed by atoms with Gasteiger partial charge < -0.3 is 0 Å². The standard InChI is InChI=1S/C21H25.C13H10.C12H19.Zr/c1-20(2,3)16-7-9-18-14(12-16)11-15-13-17(21(4,5)6)8-10-19(15)18;1-3-7-12(8-4-1)11-13-9-5-2-6-10-13;1-6-10-7-9(2)8-11(10)12(3,4)5;/h7-10,12H,11H2,1-6H3;1-10H;8-9H,6H2,1-5H3;/q-1;;-1;+2. The van der Waals surface area contributed by atoms with Crippen LogP contribution in [0.3, 0.4) is 0 Å². The van der Waals surface area contributed by atoms with Gasteiger partial charge in [0.2, 0.25) is 0 Å². The first kappa shape index (κ1) is 36.9. The van der Waals surface area contributed by atoms with Crippen molar-refractivity contribution in [2.45, 2.75) is 99.8 Å². The summed E-state index contributed by atoms with van der Waals surface area (Å²) in [6.45, 7) is 24.8. The predicted molar refractivity (Wildman–Crippen MR) is 201 cm³/mol. The molecule has 242 valence electrons. The van der Waals surface area contributed by atoms with Crippen LogP contribution in [0, 0.1) is 23.5 Å². The van der Waals surface area contributed by atoms with Crippen molar-refractivity contribution in [2.75, 3.05) is 0 Å². The van der Waals surface area contributed by atoms with Gasteiger partial charge in [0, 0.05) is 0 Å². The SMILES string of the molecule is CC(C)(C)c1[c-]c2c(cc1)-c1ccc(C(C)(C)C)cc1C2.CCC1=[C-]C(C)C=C1C(C)(C)C.[Zr+2]=[C](c1ccccc1)c1ccccc1. The van der Waals surface area contributed by atoms with Gasteiger partial charge in [-0.15, -0.1) is 11.1 Å². The molecule has 1 atom stereocenters. The van der Waals surface area contributed by atoms with Crippen LogP contribution >= 0.6 is 0 Å². The van der Waals surface area contributed by atoms with Crippen molar-refractivity contribution in [3.05, 3.63) is 154 Å². The van der Waals surface area contributed by atoms with Crippen LogP contribution in [0.4, 0.5) is 0 Å². The van der Waals surface area contributed by atoms with E-state index < -0.39 is 0 Å². The molecule has 47 heavy (non-hydrogen) atoms. The van der Waals surface area contributed by atoms with Gasteiger partial charge in [0.05, 0.1) is 0 Å². The Kier molecular flexibility index (Phi) is 11.9. The molecule has 0 aliphatic heterocycles. The molecular weight excluding hydrogens is 644 g/mol.